The van der Waals surface area contributed by atoms with Crippen molar-refractivity contribution in [3.05, 3.63) is 94.3 Å². The molecule has 2 aliphatic carbocycles. The highest BCUT2D eigenvalue weighted by Gasteiger charge is 2.26. The Morgan fingerprint density at radius 2 is 1.83 bits per heavy atom. The van der Waals surface area contributed by atoms with Crippen LogP contribution >= 0.6 is 0 Å². The maximum atomic E-state index is 12.3. The molecule has 1 amide bonds. The maximum Gasteiger partial charge on any atom is 0.416 e. The third-order valence-corrected chi connectivity index (χ3v) is 5.19. The Morgan fingerprint density at radius 3 is 2.59 bits per heavy atom. The van der Waals surface area contributed by atoms with E-state index >= 15 is 0 Å². The van der Waals surface area contributed by atoms with Crippen LogP contribution in [0.2, 0.25) is 0 Å². The highest BCUT2D eigenvalue weighted by atomic mass is 16.6. The lowest BCUT2D eigenvalue weighted by Crippen LogP contribution is -2.14. The van der Waals surface area contributed by atoms with E-state index < -0.39 is 12.1 Å². The normalized spacial score (nSPS) is 16.2. The number of carboxylic acids is 1. The highest BCUT2D eigenvalue weighted by molar-refractivity contribution is 5.87. The largest absolute Gasteiger partial charge is 0.481 e. The van der Waals surface area contributed by atoms with E-state index in [4.69, 9.17) is 9.84 Å². The minimum atomic E-state index is -0.893. The molecule has 0 heterocycles. The van der Waals surface area contributed by atoms with Crippen LogP contribution in [0.15, 0.2) is 77.6 Å². The number of benzene rings is 2. The molecular weight excluding hydrogens is 366 g/mol. The molecule has 0 unspecified atom stereocenters. The predicted molar refractivity (Wildman–Crippen MR) is 111 cm³/mol. The third-order valence-electron chi connectivity index (χ3n) is 5.19. The summed E-state index contributed by atoms with van der Waals surface area (Å²) < 4.78 is 5.55. The Morgan fingerprint density at radius 1 is 1.07 bits per heavy atom. The number of nitrogens with one attached hydrogen (secondary N) is 1. The molecule has 0 atom stereocenters. The number of hydrogen-bond donors (Lipinski definition) is 2. The molecule has 2 N–H and O–H groups in total. The van der Waals surface area contributed by atoms with E-state index in [9.17, 15) is 9.59 Å². The number of ether oxygens (including phenoxy) is 1. The number of anilines is 1. The van der Waals surface area contributed by atoms with E-state index in [2.05, 4.69) is 29.6 Å². The van der Waals surface area contributed by atoms with Gasteiger partial charge in [-0.3, -0.25) is 10.1 Å². The molecule has 29 heavy (non-hydrogen) atoms. The van der Waals surface area contributed by atoms with Crippen LogP contribution < -0.4 is 5.32 Å². The smallest absolute Gasteiger partial charge is 0.416 e. The molecular formula is C24H21NO4. The molecule has 0 spiro atoms. The molecule has 146 valence electrons. The Bertz CT molecular complexity index is 1070. The van der Waals surface area contributed by atoms with Crippen LogP contribution in [0.1, 0.15) is 30.0 Å². The number of fused-ring (bicyclic) bond motifs is 2. The first-order chi connectivity index (χ1) is 14.0. The first kappa shape index (κ1) is 18.7. The average Bonchev–Trinajstić information content (AvgIpc) is 3.07. The summed E-state index contributed by atoms with van der Waals surface area (Å²) in [7, 11) is 0. The molecule has 5 nitrogen and oxygen atoms in total. The Hall–Kier alpha value is -3.60. The minimum absolute atomic E-state index is 0.0535. The van der Waals surface area contributed by atoms with Gasteiger partial charge in [-0.15, -0.1) is 0 Å². The summed E-state index contributed by atoms with van der Waals surface area (Å²) in [5.74, 6) is -0.336. The zero-order chi connectivity index (χ0) is 20.4. The van der Waals surface area contributed by atoms with Gasteiger partial charge in [0, 0.05) is 11.3 Å². The van der Waals surface area contributed by atoms with Crippen LogP contribution in [0.3, 0.4) is 0 Å². The fraction of sp³-hybridized carbons (Fsp3) is 0.167. The molecule has 2 aromatic carbocycles. The van der Waals surface area contributed by atoms with E-state index in [1.807, 2.05) is 12.1 Å². The molecule has 0 aliphatic heterocycles. The summed E-state index contributed by atoms with van der Waals surface area (Å²) in [5, 5.41) is 11.5. The molecule has 0 saturated heterocycles. The number of rotatable bonds is 4. The van der Waals surface area contributed by atoms with Gasteiger partial charge in [-0.2, -0.15) is 0 Å². The summed E-state index contributed by atoms with van der Waals surface area (Å²) in [4.78, 5) is 23.1. The number of carbonyl (C=O) groups is 2. The summed E-state index contributed by atoms with van der Waals surface area (Å²) in [6, 6.07) is 15.1. The second-order valence-electron chi connectivity index (χ2n) is 7.15. The highest BCUT2D eigenvalue weighted by Crippen LogP contribution is 2.42. The van der Waals surface area contributed by atoms with Crippen LogP contribution in [-0.4, -0.2) is 17.2 Å². The van der Waals surface area contributed by atoms with Crippen molar-refractivity contribution in [3.8, 4) is 0 Å². The number of hydrogen-bond acceptors (Lipinski definition) is 3. The van der Waals surface area contributed by atoms with Crippen molar-refractivity contribution in [1.29, 1.82) is 0 Å². The third kappa shape index (κ3) is 3.99. The lowest BCUT2D eigenvalue weighted by Gasteiger charge is -2.16. The van der Waals surface area contributed by atoms with E-state index in [0.29, 0.717) is 17.0 Å². The first-order valence-electron chi connectivity index (χ1n) is 9.49. The zero-order valence-corrected chi connectivity index (χ0v) is 16.1. The molecule has 0 radical (unpaired) electrons. The van der Waals surface area contributed by atoms with Crippen molar-refractivity contribution in [2.24, 2.45) is 0 Å². The quantitative estimate of drug-likeness (QED) is 0.715. The van der Waals surface area contributed by atoms with Crippen LogP contribution in [0.25, 0.3) is 5.57 Å². The van der Waals surface area contributed by atoms with Crippen molar-refractivity contribution in [3.63, 3.8) is 0 Å². The number of carboxylic acid groups (broad SMARTS) is 1. The lowest BCUT2D eigenvalue weighted by atomic mass is 9.92. The SMILES string of the molecule is C/C(OC(=O)Nc1ccc(CC(=O)O)cc1)=C1/C=CCC2=C1Cc1ccccc12. The van der Waals surface area contributed by atoms with Crippen molar-refractivity contribution in [1.82, 2.24) is 0 Å². The fourth-order valence-electron chi connectivity index (χ4n) is 3.86. The van der Waals surface area contributed by atoms with Crippen molar-refractivity contribution >= 4 is 23.3 Å². The molecule has 0 aromatic heterocycles. The van der Waals surface area contributed by atoms with Crippen LogP contribution in [0.5, 0.6) is 0 Å². The van der Waals surface area contributed by atoms with Gasteiger partial charge in [0.2, 0.25) is 0 Å². The van der Waals surface area contributed by atoms with Gasteiger partial charge in [-0.1, -0.05) is 48.6 Å². The predicted octanol–water partition coefficient (Wildman–Crippen LogP) is 5.11. The maximum absolute atomic E-state index is 12.3. The van der Waals surface area contributed by atoms with E-state index in [1.165, 1.54) is 22.3 Å². The van der Waals surface area contributed by atoms with E-state index in [-0.39, 0.29) is 6.42 Å². The average molecular weight is 387 g/mol. The van der Waals surface area contributed by atoms with Gasteiger partial charge in [-0.25, -0.2) is 4.79 Å². The van der Waals surface area contributed by atoms with Gasteiger partial charge in [0.05, 0.1) is 6.42 Å². The Kier molecular flexibility index (Phi) is 5.04. The first-order valence-corrected chi connectivity index (χ1v) is 9.49. The van der Waals surface area contributed by atoms with Gasteiger partial charge >= 0.3 is 12.1 Å². The van der Waals surface area contributed by atoms with E-state index in [1.54, 1.807) is 31.2 Å². The summed E-state index contributed by atoms with van der Waals surface area (Å²) >= 11 is 0. The number of amides is 1. The van der Waals surface area contributed by atoms with Gasteiger partial charge in [0.25, 0.3) is 0 Å². The van der Waals surface area contributed by atoms with Crippen molar-refractivity contribution < 1.29 is 19.4 Å². The molecule has 2 aliphatic rings. The lowest BCUT2D eigenvalue weighted by molar-refractivity contribution is -0.136. The second-order valence-corrected chi connectivity index (χ2v) is 7.15. The minimum Gasteiger partial charge on any atom is -0.481 e. The van der Waals surface area contributed by atoms with E-state index in [0.717, 1.165) is 18.4 Å². The summed E-state index contributed by atoms with van der Waals surface area (Å²) in [6.07, 6.45) is 5.23. The topological polar surface area (TPSA) is 75.6 Å². The van der Waals surface area contributed by atoms with Crippen LogP contribution in [-0.2, 0) is 22.4 Å². The van der Waals surface area contributed by atoms with Gasteiger partial charge in [-0.05, 0) is 59.7 Å². The van der Waals surface area contributed by atoms with Crippen LogP contribution in [0.4, 0.5) is 10.5 Å². The molecule has 4 rings (SSSR count). The zero-order valence-electron chi connectivity index (χ0n) is 16.1. The number of aliphatic carboxylic acids is 1. The second kappa shape index (κ2) is 7.80. The molecule has 0 fully saturated rings. The molecule has 0 saturated carbocycles. The van der Waals surface area contributed by atoms with Gasteiger partial charge in [0.15, 0.2) is 0 Å². The van der Waals surface area contributed by atoms with Crippen LogP contribution in [0, 0.1) is 0 Å². The summed E-state index contributed by atoms with van der Waals surface area (Å²) in [6.45, 7) is 1.80. The molecule has 2 aromatic rings. The van der Waals surface area contributed by atoms with Crippen molar-refractivity contribution in [2.75, 3.05) is 5.32 Å². The van der Waals surface area contributed by atoms with Gasteiger partial charge < -0.3 is 9.84 Å². The summed E-state index contributed by atoms with van der Waals surface area (Å²) in [5.41, 5.74) is 7.28. The molecule has 5 heteroatoms. The fourth-order valence-corrected chi connectivity index (χ4v) is 3.86. The van der Waals surface area contributed by atoms with Gasteiger partial charge in [0.1, 0.15) is 5.76 Å². The standard InChI is InChI=1S/C24H21NO4/c1-15(29-24(28)25-18-11-9-16(10-12-18)13-23(26)27)19-7-4-8-21-20-6-3-2-5-17(20)14-22(19)21/h2-7,9-12H,8,13-14H2,1H3,(H,25,28)(H,26,27)/b19-15+. The molecule has 0 bridgehead atoms. The number of allylic oxidation sites excluding steroid dienone is 6. The number of carbonyl (C=O) groups excluding carboxylic acids is 1. The Balaban J connectivity index is 1.47. The Labute approximate surface area is 169 Å². The monoisotopic (exact) mass is 387 g/mol. The van der Waals surface area contributed by atoms with Crippen molar-refractivity contribution in [2.45, 2.75) is 26.2 Å².